The van der Waals surface area contributed by atoms with Gasteiger partial charge in [-0.1, -0.05) is 0 Å². The molecule has 10 heteroatoms. The Morgan fingerprint density at radius 3 is 2.44 bits per heavy atom. The van der Waals surface area contributed by atoms with Crippen LogP contribution in [0.15, 0.2) is 0 Å². The van der Waals surface area contributed by atoms with Gasteiger partial charge >= 0.3 is 7.82 Å². The fraction of sp³-hybridized carbons (Fsp3) is 1.00. The Bertz CT molecular complexity index is 290. The summed E-state index contributed by atoms with van der Waals surface area (Å²) in [5.41, 5.74) is 0. The Morgan fingerprint density at radius 1 is 1.38 bits per heavy atom. The zero-order valence-corrected chi connectivity index (χ0v) is 8.90. The standard InChI is InChI=1S/C6H13O9P/c7-3-1-14-6(10,5(9)4(3)8)2-15-16(11,12)13/h3-5,7-10H,1-2H2,(H2,11,12,13)/t3-,4+,5-,6+/m0/s1. The molecule has 0 bridgehead atoms. The lowest BCUT2D eigenvalue weighted by atomic mass is 9.98. The lowest BCUT2D eigenvalue weighted by Gasteiger charge is -2.41. The van der Waals surface area contributed by atoms with Crippen LogP contribution in [0.5, 0.6) is 0 Å². The van der Waals surface area contributed by atoms with Gasteiger partial charge in [-0.3, -0.25) is 4.52 Å². The third-order valence-corrected chi connectivity index (χ3v) is 2.59. The number of phosphoric ester groups is 1. The van der Waals surface area contributed by atoms with Crippen LogP contribution >= 0.6 is 7.82 Å². The molecule has 96 valence electrons. The van der Waals surface area contributed by atoms with Gasteiger partial charge in [0.15, 0.2) is 0 Å². The van der Waals surface area contributed by atoms with Gasteiger partial charge in [-0.2, -0.15) is 0 Å². The highest BCUT2D eigenvalue weighted by atomic mass is 31.2. The van der Waals surface area contributed by atoms with Crippen LogP contribution in [0.25, 0.3) is 0 Å². The summed E-state index contributed by atoms with van der Waals surface area (Å²) < 4.78 is 18.9. The molecule has 0 amide bonds. The molecule has 4 atom stereocenters. The SMILES string of the molecule is O=P(O)(O)OC[C@@]1(O)OC[C@H](O)[C@@H](O)[C@@H]1O. The van der Waals surface area contributed by atoms with Crippen LogP contribution in [0.3, 0.4) is 0 Å². The molecule has 1 heterocycles. The summed E-state index contributed by atoms with van der Waals surface area (Å²) in [5.74, 6) is -2.47. The zero-order valence-electron chi connectivity index (χ0n) is 8.00. The normalized spacial score (nSPS) is 41.0. The number of ether oxygens (including phenoxy) is 1. The van der Waals surface area contributed by atoms with E-state index in [1.807, 2.05) is 0 Å². The molecule has 1 fully saturated rings. The second-order valence-corrected chi connectivity index (χ2v) is 4.66. The number of aliphatic hydroxyl groups excluding tert-OH is 3. The molecule has 0 saturated carbocycles. The molecule has 1 aliphatic heterocycles. The highest BCUT2D eigenvalue weighted by molar-refractivity contribution is 7.46. The van der Waals surface area contributed by atoms with Gasteiger partial charge in [0.1, 0.15) is 24.9 Å². The molecule has 1 aliphatic rings. The minimum Gasteiger partial charge on any atom is -0.388 e. The van der Waals surface area contributed by atoms with Gasteiger partial charge in [0.25, 0.3) is 0 Å². The minimum atomic E-state index is -4.83. The lowest BCUT2D eigenvalue weighted by molar-refractivity contribution is -0.329. The molecule has 0 radical (unpaired) electrons. The maximum absolute atomic E-state index is 10.4. The number of hydrogen-bond donors (Lipinski definition) is 6. The van der Waals surface area contributed by atoms with E-state index in [2.05, 4.69) is 9.26 Å². The predicted molar refractivity (Wildman–Crippen MR) is 46.9 cm³/mol. The van der Waals surface area contributed by atoms with Gasteiger partial charge in [0.2, 0.25) is 5.79 Å². The van der Waals surface area contributed by atoms with E-state index < -0.39 is 45.1 Å². The number of phosphoric acid groups is 1. The summed E-state index contributed by atoms with van der Waals surface area (Å²) in [5, 5.41) is 37.2. The van der Waals surface area contributed by atoms with Gasteiger partial charge in [-0.05, 0) is 0 Å². The maximum Gasteiger partial charge on any atom is 0.469 e. The van der Waals surface area contributed by atoms with Crippen molar-refractivity contribution < 1.29 is 44.0 Å². The molecule has 0 unspecified atom stereocenters. The van der Waals surface area contributed by atoms with E-state index in [0.29, 0.717) is 0 Å². The maximum atomic E-state index is 10.4. The lowest BCUT2D eigenvalue weighted by Crippen LogP contribution is -2.62. The number of hydrogen-bond acceptors (Lipinski definition) is 7. The molecule has 1 saturated heterocycles. The minimum absolute atomic E-state index is 0.501. The average Bonchev–Trinajstić information content (AvgIpc) is 2.18. The van der Waals surface area contributed by atoms with E-state index in [-0.39, 0.29) is 0 Å². The average molecular weight is 260 g/mol. The van der Waals surface area contributed by atoms with E-state index >= 15 is 0 Å². The molecular formula is C6H13O9P. The van der Waals surface area contributed by atoms with Crippen molar-refractivity contribution in [3.05, 3.63) is 0 Å². The molecule has 6 N–H and O–H groups in total. The van der Waals surface area contributed by atoms with Crippen molar-refractivity contribution in [1.82, 2.24) is 0 Å². The molecule has 9 nitrogen and oxygen atoms in total. The van der Waals surface area contributed by atoms with Crippen molar-refractivity contribution in [3.63, 3.8) is 0 Å². The van der Waals surface area contributed by atoms with Crippen molar-refractivity contribution in [2.75, 3.05) is 13.2 Å². The van der Waals surface area contributed by atoms with Crippen molar-refractivity contribution in [2.24, 2.45) is 0 Å². The van der Waals surface area contributed by atoms with Gasteiger partial charge < -0.3 is 34.9 Å². The summed E-state index contributed by atoms with van der Waals surface area (Å²) in [6, 6.07) is 0. The molecule has 0 aliphatic carbocycles. The third-order valence-electron chi connectivity index (χ3n) is 2.12. The summed E-state index contributed by atoms with van der Waals surface area (Å²) in [4.78, 5) is 16.8. The first-order valence-corrected chi connectivity index (χ1v) is 5.79. The molecule has 0 spiro atoms. The van der Waals surface area contributed by atoms with E-state index in [1.54, 1.807) is 0 Å². The van der Waals surface area contributed by atoms with Gasteiger partial charge in [-0.25, -0.2) is 4.57 Å². The van der Waals surface area contributed by atoms with Crippen molar-refractivity contribution in [2.45, 2.75) is 24.1 Å². The second kappa shape index (κ2) is 4.65. The number of aliphatic hydroxyl groups is 4. The highest BCUT2D eigenvalue weighted by Gasteiger charge is 2.49. The molecule has 0 aromatic carbocycles. The molecular weight excluding hydrogens is 247 g/mol. The van der Waals surface area contributed by atoms with E-state index in [9.17, 15) is 19.9 Å². The van der Waals surface area contributed by atoms with Crippen LogP contribution in [0.4, 0.5) is 0 Å². The van der Waals surface area contributed by atoms with Crippen LogP contribution in [0.1, 0.15) is 0 Å². The molecule has 16 heavy (non-hydrogen) atoms. The Kier molecular flexibility index (Phi) is 4.06. The summed E-state index contributed by atoms with van der Waals surface area (Å²) >= 11 is 0. The topological polar surface area (TPSA) is 157 Å². The second-order valence-electron chi connectivity index (χ2n) is 3.42. The van der Waals surface area contributed by atoms with E-state index in [0.717, 1.165) is 0 Å². The van der Waals surface area contributed by atoms with Gasteiger partial charge in [-0.15, -0.1) is 0 Å². The Morgan fingerprint density at radius 2 is 1.94 bits per heavy atom. The Balaban J connectivity index is 2.66. The third kappa shape index (κ3) is 3.20. The van der Waals surface area contributed by atoms with Gasteiger partial charge in [0, 0.05) is 0 Å². The van der Waals surface area contributed by atoms with E-state index in [4.69, 9.17) is 14.9 Å². The summed E-state index contributed by atoms with van der Waals surface area (Å²) in [7, 11) is -4.83. The predicted octanol–water partition coefficient (Wildman–Crippen LogP) is -3.10. The van der Waals surface area contributed by atoms with Crippen LogP contribution in [0, 0.1) is 0 Å². The first kappa shape index (κ1) is 14.0. The van der Waals surface area contributed by atoms with Crippen molar-refractivity contribution >= 4 is 7.82 Å². The summed E-state index contributed by atoms with van der Waals surface area (Å²) in [6.07, 6.45) is -5.03. The van der Waals surface area contributed by atoms with Crippen LogP contribution in [-0.2, 0) is 13.8 Å². The van der Waals surface area contributed by atoms with Crippen molar-refractivity contribution in [3.8, 4) is 0 Å². The molecule has 1 rings (SSSR count). The van der Waals surface area contributed by atoms with Crippen LogP contribution in [-0.4, -0.2) is 67.5 Å². The van der Waals surface area contributed by atoms with Crippen molar-refractivity contribution in [1.29, 1.82) is 0 Å². The fourth-order valence-corrected chi connectivity index (χ4v) is 1.55. The Labute approximate surface area is 90.1 Å². The monoisotopic (exact) mass is 260 g/mol. The number of rotatable bonds is 3. The molecule has 0 aromatic rings. The quantitative estimate of drug-likeness (QED) is 0.289. The zero-order chi connectivity index (χ0) is 12.6. The molecule has 0 aromatic heterocycles. The van der Waals surface area contributed by atoms with Crippen LogP contribution in [0.2, 0.25) is 0 Å². The largest absolute Gasteiger partial charge is 0.469 e. The van der Waals surface area contributed by atoms with Gasteiger partial charge in [0.05, 0.1) is 6.61 Å². The fourth-order valence-electron chi connectivity index (χ4n) is 1.19. The summed E-state index contributed by atoms with van der Waals surface area (Å²) in [6.45, 7) is -1.54. The van der Waals surface area contributed by atoms with Crippen LogP contribution < -0.4 is 0 Å². The van der Waals surface area contributed by atoms with E-state index in [1.165, 1.54) is 0 Å². The first-order valence-electron chi connectivity index (χ1n) is 4.26. The first-order chi connectivity index (χ1) is 7.16. The highest BCUT2D eigenvalue weighted by Crippen LogP contribution is 2.38. The smallest absolute Gasteiger partial charge is 0.388 e. The Hall–Kier alpha value is -0.0900.